The first-order valence-corrected chi connectivity index (χ1v) is 11.9. The van der Waals surface area contributed by atoms with Crippen molar-refractivity contribution in [1.82, 2.24) is 0 Å². The Balaban J connectivity index is 1.47. The van der Waals surface area contributed by atoms with Gasteiger partial charge in [0.05, 0.1) is 18.8 Å². The number of ether oxygens (including phenoxy) is 2. The van der Waals surface area contributed by atoms with Gasteiger partial charge in [-0.05, 0) is 50.1 Å². The van der Waals surface area contributed by atoms with Crippen LogP contribution in [0.2, 0.25) is 0 Å². The molecule has 7 nitrogen and oxygen atoms in total. The first-order chi connectivity index (χ1) is 16.5. The number of benzene rings is 2. The molecule has 1 fully saturated rings. The summed E-state index contributed by atoms with van der Waals surface area (Å²) in [5, 5.41) is 3.03. The van der Waals surface area contributed by atoms with E-state index in [9.17, 15) is 14.0 Å². The van der Waals surface area contributed by atoms with Gasteiger partial charge in [0.25, 0.3) is 5.91 Å². The molecule has 0 bridgehead atoms. The highest BCUT2D eigenvalue weighted by molar-refractivity contribution is 6.54. The molecule has 8 heteroatoms. The number of carbonyl (C=O) groups excluding carboxylic acids is 2. The monoisotopic (exact) mass is 465 g/mol. The average Bonchev–Trinajstić information content (AvgIpc) is 3.10. The van der Waals surface area contributed by atoms with Crippen LogP contribution in [0.15, 0.2) is 35.3 Å². The van der Waals surface area contributed by atoms with Crippen LogP contribution in [0.4, 0.5) is 15.8 Å². The molecular formula is C26H28FN3O4. The maximum absolute atomic E-state index is 14.3. The van der Waals surface area contributed by atoms with Crippen LogP contribution in [0.3, 0.4) is 0 Å². The van der Waals surface area contributed by atoms with E-state index >= 15 is 0 Å². The second-order valence-corrected chi connectivity index (χ2v) is 8.93. The molecular weight excluding hydrogens is 437 g/mol. The van der Waals surface area contributed by atoms with Crippen molar-refractivity contribution in [1.29, 1.82) is 0 Å². The van der Waals surface area contributed by atoms with E-state index in [4.69, 9.17) is 9.47 Å². The van der Waals surface area contributed by atoms with Crippen molar-refractivity contribution in [2.75, 3.05) is 23.6 Å². The van der Waals surface area contributed by atoms with Crippen LogP contribution in [0.25, 0.3) is 0 Å². The lowest BCUT2D eigenvalue weighted by Crippen LogP contribution is -2.30. The lowest BCUT2D eigenvalue weighted by atomic mass is 9.88. The van der Waals surface area contributed by atoms with Crippen LogP contribution in [0.1, 0.15) is 55.7 Å². The van der Waals surface area contributed by atoms with Crippen molar-refractivity contribution in [3.8, 4) is 5.75 Å². The molecule has 2 heterocycles. The second kappa shape index (κ2) is 9.54. The van der Waals surface area contributed by atoms with Gasteiger partial charge in [-0.25, -0.2) is 4.39 Å². The molecule has 0 saturated heterocycles. The third-order valence-electron chi connectivity index (χ3n) is 6.63. The molecule has 3 aliphatic rings. The summed E-state index contributed by atoms with van der Waals surface area (Å²) in [6.45, 7) is 2.79. The highest BCUT2D eigenvalue weighted by Gasteiger charge is 2.35. The number of aliphatic imine (C=N–C) groups is 1. The number of anilines is 2. The van der Waals surface area contributed by atoms with E-state index in [1.54, 1.807) is 4.90 Å². The third kappa shape index (κ3) is 4.30. The van der Waals surface area contributed by atoms with Gasteiger partial charge < -0.3 is 19.7 Å². The Kier molecular flexibility index (Phi) is 6.32. The zero-order valence-electron chi connectivity index (χ0n) is 19.2. The Hall–Kier alpha value is -3.26. The number of fused-ring (bicyclic) bond motifs is 2. The molecule has 0 spiro atoms. The molecule has 0 unspecified atom stereocenters. The Morgan fingerprint density at radius 2 is 2.03 bits per heavy atom. The van der Waals surface area contributed by atoms with Gasteiger partial charge in [-0.3, -0.25) is 14.6 Å². The fourth-order valence-corrected chi connectivity index (χ4v) is 5.01. The summed E-state index contributed by atoms with van der Waals surface area (Å²) in [4.78, 5) is 32.1. The van der Waals surface area contributed by atoms with Crippen molar-refractivity contribution in [2.24, 2.45) is 10.9 Å². The topological polar surface area (TPSA) is 80.2 Å². The van der Waals surface area contributed by atoms with E-state index < -0.39 is 5.82 Å². The predicted octanol–water partition coefficient (Wildman–Crippen LogP) is 4.57. The zero-order chi connectivity index (χ0) is 23.7. The van der Waals surface area contributed by atoms with Crippen molar-refractivity contribution in [3.05, 3.63) is 52.8 Å². The number of halogens is 1. The van der Waals surface area contributed by atoms with Gasteiger partial charge in [0.2, 0.25) is 5.91 Å². The number of nitrogens with one attached hydrogen (secondary N) is 1. The highest BCUT2D eigenvalue weighted by Crippen LogP contribution is 2.37. The minimum absolute atomic E-state index is 0.0190. The van der Waals surface area contributed by atoms with Gasteiger partial charge in [0, 0.05) is 34.8 Å². The fraction of sp³-hybridized carbons (Fsp3) is 0.423. The maximum atomic E-state index is 14.3. The molecule has 1 N–H and O–H groups in total. The molecule has 0 radical (unpaired) electrons. The average molecular weight is 466 g/mol. The first kappa shape index (κ1) is 22.5. The van der Waals surface area contributed by atoms with Crippen molar-refractivity contribution < 1.29 is 23.5 Å². The van der Waals surface area contributed by atoms with E-state index in [-0.39, 0.29) is 37.7 Å². The van der Waals surface area contributed by atoms with Gasteiger partial charge in [0.1, 0.15) is 17.3 Å². The standard InChI is InChI=1S/C26H28FN3O4/c1-2-28-23-21-9-8-20(29-25(31)16-6-4-3-5-7-16)12-22(21)30(26(23)32)13-17-10-19(27)11-18-14-33-15-34-24(17)18/h8-12,16H,2-7,13-15H2,1H3,(H,29,31). The molecule has 2 aromatic carbocycles. The summed E-state index contributed by atoms with van der Waals surface area (Å²) >= 11 is 0. The Morgan fingerprint density at radius 3 is 2.82 bits per heavy atom. The smallest absolute Gasteiger partial charge is 0.277 e. The van der Waals surface area contributed by atoms with Crippen LogP contribution in [-0.2, 0) is 27.5 Å². The molecule has 0 atom stereocenters. The van der Waals surface area contributed by atoms with E-state index in [0.29, 0.717) is 46.1 Å². The second-order valence-electron chi connectivity index (χ2n) is 8.93. The molecule has 1 saturated carbocycles. The van der Waals surface area contributed by atoms with Crippen LogP contribution in [0, 0.1) is 11.7 Å². The van der Waals surface area contributed by atoms with Crippen LogP contribution in [-0.4, -0.2) is 30.9 Å². The number of carbonyl (C=O) groups is 2. The number of nitrogens with zero attached hydrogens (tertiary/aromatic N) is 2. The van der Waals surface area contributed by atoms with E-state index in [1.165, 1.54) is 18.6 Å². The summed E-state index contributed by atoms with van der Waals surface area (Å²) < 4.78 is 25.2. The van der Waals surface area contributed by atoms with E-state index in [1.807, 2.05) is 25.1 Å². The fourth-order valence-electron chi connectivity index (χ4n) is 5.01. The quantitative estimate of drug-likeness (QED) is 0.702. The Morgan fingerprint density at radius 1 is 1.21 bits per heavy atom. The lowest BCUT2D eigenvalue weighted by molar-refractivity contribution is -0.120. The summed E-state index contributed by atoms with van der Waals surface area (Å²) in [6.07, 6.45) is 5.14. The Bertz CT molecular complexity index is 1160. The Labute approximate surface area is 198 Å². The summed E-state index contributed by atoms with van der Waals surface area (Å²) in [5.41, 5.74) is 3.53. The molecule has 2 aromatic rings. The minimum Gasteiger partial charge on any atom is -0.467 e. The predicted molar refractivity (Wildman–Crippen MR) is 127 cm³/mol. The van der Waals surface area contributed by atoms with Gasteiger partial charge in [-0.2, -0.15) is 0 Å². The van der Waals surface area contributed by atoms with Gasteiger partial charge >= 0.3 is 0 Å². The number of hydrogen-bond acceptors (Lipinski definition) is 5. The summed E-state index contributed by atoms with van der Waals surface area (Å²) in [5.74, 6) is -0.0753. The first-order valence-electron chi connectivity index (χ1n) is 11.9. The van der Waals surface area contributed by atoms with Crippen LogP contribution >= 0.6 is 0 Å². The third-order valence-corrected chi connectivity index (χ3v) is 6.63. The normalized spacial score (nSPS) is 19.1. The molecule has 2 aliphatic heterocycles. The zero-order valence-corrected chi connectivity index (χ0v) is 19.2. The lowest BCUT2D eigenvalue weighted by Gasteiger charge is -2.24. The van der Waals surface area contributed by atoms with E-state index in [2.05, 4.69) is 10.3 Å². The SMILES string of the molecule is CCN=C1C(=O)N(Cc2cc(F)cc3c2OCOC3)c2cc(NC(=O)C3CCCCC3)ccc21. The number of hydrogen-bond donors (Lipinski definition) is 1. The molecule has 5 rings (SSSR count). The molecule has 2 amide bonds. The number of rotatable bonds is 5. The van der Waals surface area contributed by atoms with Crippen LogP contribution < -0.4 is 15.0 Å². The van der Waals surface area contributed by atoms with Crippen molar-refractivity contribution in [2.45, 2.75) is 52.2 Å². The van der Waals surface area contributed by atoms with Gasteiger partial charge in [0.15, 0.2) is 6.79 Å². The molecule has 1 aliphatic carbocycles. The summed E-state index contributed by atoms with van der Waals surface area (Å²) in [7, 11) is 0. The number of amides is 2. The largest absolute Gasteiger partial charge is 0.467 e. The van der Waals surface area contributed by atoms with Gasteiger partial charge in [-0.1, -0.05) is 19.3 Å². The molecule has 0 aromatic heterocycles. The van der Waals surface area contributed by atoms with Gasteiger partial charge in [-0.15, -0.1) is 0 Å². The highest BCUT2D eigenvalue weighted by atomic mass is 19.1. The summed E-state index contributed by atoms with van der Waals surface area (Å²) in [6, 6.07) is 8.22. The molecule has 178 valence electrons. The maximum Gasteiger partial charge on any atom is 0.277 e. The van der Waals surface area contributed by atoms with Crippen molar-refractivity contribution >= 4 is 28.9 Å². The molecule has 34 heavy (non-hydrogen) atoms. The minimum atomic E-state index is -0.411. The van der Waals surface area contributed by atoms with Crippen molar-refractivity contribution in [3.63, 3.8) is 0 Å². The van der Waals surface area contributed by atoms with Crippen LogP contribution in [0.5, 0.6) is 5.75 Å². The van der Waals surface area contributed by atoms with E-state index in [0.717, 1.165) is 25.7 Å².